The molecule has 0 aromatic heterocycles. The molecule has 0 spiro atoms. The van der Waals surface area contributed by atoms with Crippen LogP contribution in [0.1, 0.15) is 105 Å². The Morgan fingerprint density at radius 3 is 2.07 bits per heavy atom. The first kappa shape index (κ1) is 29.0. The number of carbonyl (C=O) groups is 4. The van der Waals surface area contributed by atoms with Crippen LogP contribution in [0.25, 0.3) is 0 Å². The van der Waals surface area contributed by atoms with E-state index in [9.17, 15) is 19.2 Å². The van der Waals surface area contributed by atoms with Gasteiger partial charge in [-0.1, -0.05) is 99.9 Å². The van der Waals surface area contributed by atoms with E-state index in [1.54, 1.807) is 17.0 Å². The highest BCUT2D eigenvalue weighted by atomic mass is 16.2. The van der Waals surface area contributed by atoms with Crippen molar-refractivity contribution in [3.8, 4) is 0 Å². The first-order chi connectivity index (χ1) is 20.0. The normalized spacial score (nSPS) is 25.7. The summed E-state index contributed by atoms with van der Waals surface area (Å²) in [5, 5.41) is 6.23. The summed E-state index contributed by atoms with van der Waals surface area (Å²) in [4.78, 5) is 55.2. The van der Waals surface area contributed by atoms with Crippen LogP contribution in [0.3, 0.4) is 0 Å². The summed E-state index contributed by atoms with van der Waals surface area (Å²) in [6.07, 6.45) is 11.6. The van der Waals surface area contributed by atoms with Crippen LogP contribution in [0, 0.1) is 11.8 Å². The zero-order valence-electron chi connectivity index (χ0n) is 23.9. The first-order valence-electron chi connectivity index (χ1n) is 15.6. The Kier molecular flexibility index (Phi) is 9.86. The Balaban J connectivity index is 1.29. The third-order valence-corrected chi connectivity index (χ3v) is 9.22. The molecule has 5 atom stereocenters. The molecule has 2 aromatic carbocycles. The van der Waals surface area contributed by atoms with E-state index in [4.69, 9.17) is 0 Å². The summed E-state index contributed by atoms with van der Waals surface area (Å²) in [6, 6.07) is 17.7. The Bertz CT molecular complexity index is 1200. The molecule has 1 aliphatic heterocycles. The monoisotopic (exact) mass is 557 g/mol. The number of nitrogens with one attached hydrogen (secondary N) is 2. The number of rotatable bonds is 7. The van der Waals surface area contributed by atoms with Crippen molar-refractivity contribution in [2.75, 3.05) is 0 Å². The Hall–Kier alpha value is -3.48. The molecule has 4 amide bonds. The standard InChI is InChI=1S/C34H43N3O4/c38-31(23-29(24-15-7-5-8-16-24)36-32(39)25-17-9-6-10-18-25)35-28-21-13-3-1-11-19-26(28)33(40)37-30-22-14-4-2-12-20-27(30)34(37)41/h5-10,15-18,26-30H,1-4,11-14,19-23H2,(H,35,38)(H,36,39)/t26?,27-,28+,29?,30?/m0/s1. The number of β-lactam (4-membered cyclic amide) rings is 1. The van der Waals surface area contributed by atoms with Gasteiger partial charge in [0.2, 0.25) is 17.7 Å². The van der Waals surface area contributed by atoms with E-state index in [-0.39, 0.29) is 48.1 Å². The minimum atomic E-state index is -0.515. The Labute approximate surface area is 243 Å². The molecule has 3 unspecified atom stereocenters. The summed E-state index contributed by atoms with van der Waals surface area (Å²) < 4.78 is 0. The van der Waals surface area contributed by atoms with Crippen molar-refractivity contribution in [1.82, 2.24) is 15.5 Å². The van der Waals surface area contributed by atoms with Crippen LogP contribution < -0.4 is 10.6 Å². The van der Waals surface area contributed by atoms with Crippen LogP contribution in [-0.4, -0.2) is 40.6 Å². The molecule has 7 nitrogen and oxygen atoms in total. The van der Waals surface area contributed by atoms with Crippen LogP contribution in [0.2, 0.25) is 0 Å². The van der Waals surface area contributed by atoms with Gasteiger partial charge in [-0.3, -0.25) is 24.1 Å². The fraction of sp³-hybridized carbons (Fsp3) is 0.529. The lowest BCUT2D eigenvalue weighted by Gasteiger charge is -2.49. The van der Waals surface area contributed by atoms with Crippen LogP contribution in [-0.2, 0) is 14.4 Å². The predicted molar refractivity (Wildman–Crippen MR) is 158 cm³/mol. The third kappa shape index (κ3) is 7.06. The maximum atomic E-state index is 13.9. The van der Waals surface area contributed by atoms with Gasteiger partial charge in [-0.25, -0.2) is 0 Å². The molecule has 2 N–H and O–H groups in total. The highest BCUT2D eigenvalue weighted by Gasteiger charge is 2.51. The van der Waals surface area contributed by atoms with Gasteiger partial charge in [-0.2, -0.15) is 0 Å². The van der Waals surface area contributed by atoms with Crippen molar-refractivity contribution < 1.29 is 19.2 Å². The van der Waals surface area contributed by atoms with E-state index >= 15 is 0 Å². The lowest BCUT2D eigenvalue weighted by Crippen LogP contribution is -2.65. The van der Waals surface area contributed by atoms with Crippen LogP contribution in [0.15, 0.2) is 60.7 Å². The number of nitrogens with zero attached hydrogens (tertiary/aromatic N) is 1. The Morgan fingerprint density at radius 2 is 1.37 bits per heavy atom. The molecule has 0 bridgehead atoms. The van der Waals surface area contributed by atoms with Crippen LogP contribution >= 0.6 is 0 Å². The molecular formula is C34H43N3O4. The van der Waals surface area contributed by atoms with Gasteiger partial charge in [0.25, 0.3) is 5.91 Å². The van der Waals surface area contributed by atoms with E-state index in [0.717, 1.165) is 69.8 Å². The molecule has 41 heavy (non-hydrogen) atoms. The molecule has 3 fully saturated rings. The van der Waals surface area contributed by atoms with Crippen LogP contribution in [0.5, 0.6) is 0 Å². The molecule has 1 heterocycles. The van der Waals surface area contributed by atoms with Gasteiger partial charge in [-0.15, -0.1) is 0 Å². The fourth-order valence-corrected chi connectivity index (χ4v) is 6.95. The zero-order chi connectivity index (χ0) is 28.6. The molecule has 3 aliphatic rings. The van der Waals surface area contributed by atoms with Gasteiger partial charge in [0.05, 0.1) is 30.3 Å². The van der Waals surface area contributed by atoms with Gasteiger partial charge < -0.3 is 10.6 Å². The average Bonchev–Trinajstić information content (AvgIpc) is 2.96. The van der Waals surface area contributed by atoms with Gasteiger partial charge >= 0.3 is 0 Å². The number of imide groups is 1. The van der Waals surface area contributed by atoms with Crippen molar-refractivity contribution in [2.45, 2.75) is 102 Å². The SMILES string of the molecule is O=C(CC(NC(=O)c1ccccc1)c1ccccc1)N[C@@H]1CCCCCCC1C(=O)N1C(=O)[C@H]2CCCCCCC21. The number of hydrogen-bond donors (Lipinski definition) is 2. The quantitative estimate of drug-likeness (QED) is 0.337. The van der Waals surface area contributed by atoms with Crippen molar-refractivity contribution in [3.05, 3.63) is 71.8 Å². The summed E-state index contributed by atoms with van der Waals surface area (Å²) in [7, 11) is 0. The van der Waals surface area contributed by atoms with E-state index < -0.39 is 12.0 Å². The number of hydrogen-bond acceptors (Lipinski definition) is 4. The highest BCUT2D eigenvalue weighted by molar-refractivity contribution is 6.03. The third-order valence-electron chi connectivity index (χ3n) is 9.22. The molecule has 2 saturated carbocycles. The molecule has 218 valence electrons. The number of carbonyl (C=O) groups excluding carboxylic acids is 4. The number of benzene rings is 2. The predicted octanol–water partition coefficient (Wildman–Crippen LogP) is 5.71. The summed E-state index contributed by atoms with van der Waals surface area (Å²) in [5.41, 5.74) is 1.38. The minimum Gasteiger partial charge on any atom is -0.352 e. The minimum absolute atomic E-state index is 0.0122. The average molecular weight is 558 g/mol. The summed E-state index contributed by atoms with van der Waals surface area (Å²) in [5.74, 6) is -0.960. The Morgan fingerprint density at radius 1 is 0.756 bits per heavy atom. The smallest absolute Gasteiger partial charge is 0.251 e. The molecule has 7 heteroatoms. The maximum Gasteiger partial charge on any atom is 0.251 e. The largest absolute Gasteiger partial charge is 0.352 e. The number of amides is 4. The van der Waals surface area contributed by atoms with E-state index in [1.165, 1.54) is 0 Å². The van der Waals surface area contributed by atoms with E-state index in [1.807, 2.05) is 48.5 Å². The maximum absolute atomic E-state index is 13.9. The summed E-state index contributed by atoms with van der Waals surface area (Å²) in [6.45, 7) is 0. The highest BCUT2D eigenvalue weighted by Crippen LogP contribution is 2.39. The second-order valence-electron chi connectivity index (χ2n) is 12.0. The molecule has 0 radical (unpaired) electrons. The number of likely N-dealkylation sites (tertiary alicyclic amines) is 1. The second-order valence-corrected chi connectivity index (χ2v) is 12.0. The van der Waals surface area contributed by atoms with Gasteiger partial charge in [-0.05, 0) is 43.4 Å². The fourth-order valence-electron chi connectivity index (χ4n) is 6.95. The molecule has 1 saturated heterocycles. The molecule has 2 aliphatic carbocycles. The molecule has 5 rings (SSSR count). The summed E-state index contributed by atoms with van der Waals surface area (Å²) >= 11 is 0. The van der Waals surface area contributed by atoms with E-state index in [2.05, 4.69) is 10.6 Å². The lowest BCUT2D eigenvalue weighted by molar-refractivity contribution is -0.170. The van der Waals surface area contributed by atoms with E-state index in [0.29, 0.717) is 18.4 Å². The number of fused-ring (bicyclic) bond motifs is 1. The molecular weight excluding hydrogens is 514 g/mol. The lowest BCUT2D eigenvalue weighted by atomic mass is 9.76. The second kappa shape index (κ2) is 13.9. The topological polar surface area (TPSA) is 95.6 Å². The van der Waals surface area contributed by atoms with Gasteiger partial charge in [0.15, 0.2) is 0 Å². The van der Waals surface area contributed by atoms with Gasteiger partial charge in [0, 0.05) is 11.6 Å². The zero-order valence-corrected chi connectivity index (χ0v) is 23.9. The van der Waals surface area contributed by atoms with Crippen molar-refractivity contribution in [2.24, 2.45) is 11.8 Å². The first-order valence-corrected chi connectivity index (χ1v) is 15.6. The molecule has 2 aromatic rings. The van der Waals surface area contributed by atoms with Crippen molar-refractivity contribution in [3.63, 3.8) is 0 Å². The van der Waals surface area contributed by atoms with Crippen LogP contribution in [0.4, 0.5) is 0 Å². The van der Waals surface area contributed by atoms with Gasteiger partial charge in [0.1, 0.15) is 0 Å². The van der Waals surface area contributed by atoms with Crippen molar-refractivity contribution in [1.29, 1.82) is 0 Å². The van der Waals surface area contributed by atoms with Crippen molar-refractivity contribution >= 4 is 23.6 Å².